The highest BCUT2D eigenvalue weighted by Gasteiger charge is 2.28. The average Bonchev–Trinajstić information content (AvgIpc) is 2.55. The van der Waals surface area contributed by atoms with Gasteiger partial charge in [0.05, 0.1) is 11.0 Å². The maximum Gasteiger partial charge on any atom is 0.283 e. The van der Waals surface area contributed by atoms with Crippen LogP contribution in [0.2, 0.25) is 0 Å². The van der Waals surface area contributed by atoms with E-state index in [9.17, 15) is 14.9 Å². The predicted molar refractivity (Wildman–Crippen MR) is 89.3 cm³/mol. The molecule has 0 atom stereocenters. The van der Waals surface area contributed by atoms with Crippen molar-refractivity contribution in [3.05, 3.63) is 38.3 Å². The van der Waals surface area contributed by atoms with Crippen LogP contribution >= 0.6 is 15.9 Å². The molecule has 1 aromatic rings. The topological polar surface area (TPSA) is 98.7 Å². The molecule has 0 saturated carbocycles. The molecule has 0 radical (unpaired) electrons. The maximum atomic E-state index is 12.6. The number of ether oxygens (including phenoxy) is 1. The lowest BCUT2D eigenvalue weighted by molar-refractivity contribution is -0.385. The molecule has 0 aliphatic carbocycles. The zero-order chi connectivity index (χ0) is 16.8. The lowest BCUT2D eigenvalue weighted by Crippen LogP contribution is -2.41. The molecule has 0 aromatic heterocycles. The summed E-state index contributed by atoms with van der Waals surface area (Å²) < 4.78 is 6.28. The number of piperidine rings is 1. The molecule has 1 aromatic carbocycles. The number of hydrogen-bond acceptors (Lipinski definition) is 5. The summed E-state index contributed by atoms with van der Waals surface area (Å²) >= 11 is 3.19. The van der Waals surface area contributed by atoms with E-state index in [0.29, 0.717) is 30.7 Å². The molecule has 1 fully saturated rings. The third kappa shape index (κ3) is 4.73. The highest BCUT2D eigenvalue weighted by atomic mass is 79.9. The van der Waals surface area contributed by atoms with Gasteiger partial charge in [0.25, 0.3) is 11.6 Å². The first kappa shape index (κ1) is 17.8. The molecule has 126 valence electrons. The van der Waals surface area contributed by atoms with E-state index in [4.69, 9.17) is 10.5 Å². The fourth-order valence-corrected chi connectivity index (χ4v) is 2.91. The number of halogens is 1. The second kappa shape index (κ2) is 8.37. The smallest absolute Gasteiger partial charge is 0.283 e. The maximum absolute atomic E-state index is 12.6. The minimum atomic E-state index is -0.527. The van der Waals surface area contributed by atoms with E-state index >= 15 is 0 Å². The average molecular weight is 386 g/mol. The van der Waals surface area contributed by atoms with E-state index in [0.717, 1.165) is 19.3 Å². The summed E-state index contributed by atoms with van der Waals surface area (Å²) in [7, 11) is 0. The summed E-state index contributed by atoms with van der Waals surface area (Å²) in [6.45, 7) is 2.32. The van der Waals surface area contributed by atoms with Crippen LogP contribution in [-0.2, 0) is 4.74 Å². The number of carbonyl (C=O) groups excluding carboxylic acids is 1. The Kier molecular flexibility index (Phi) is 6.49. The van der Waals surface area contributed by atoms with Crippen molar-refractivity contribution in [2.24, 2.45) is 5.73 Å². The van der Waals surface area contributed by atoms with Gasteiger partial charge in [-0.2, -0.15) is 0 Å². The lowest BCUT2D eigenvalue weighted by Gasteiger charge is -2.32. The van der Waals surface area contributed by atoms with E-state index in [-0.39, 0.29) is 23.3 Å². The van der Waals surface area contributed by atoms with Crippen molar-refractivity contribution in [2.75, 3.05) is 26.2 Å². The van der Waals surface area contributed by atoms with Crippen LogP contribution in [0, 0.1) is 10.1 Å². The number of likely N-dealkylation sites (tertiary alicyclic amines) is 1. The van der Waals surface area contributed by atoms with Crippen molar-refractivity contribution in [2.45, 2.75) is 25.4 Å². The molecule has 1 aliphatic rings. The molecule has 23 heavy (non-hydrogen) atoms. The third-order valence-corrected chi connectivity index (χ3v) is 4.31. The van der Waals surface area contributed by atoms with Crippen LogP contribution in [0.1, 0.15) is 29.6 Å². The van der Waals surface area contributed by atoms with Gasteiger partial charge < -0.3 is 15.4 Å². The Morgan fingerprint density at radius 2 is 2.13 bits per heavy atom. The van der Waals surface area contributed by atoms with Crippen molar-refractivity contribution in [1.82, 2.24) is 4.90 Å². The summed E-state index contributed by atoms with van der Waals surface area (Å²) in [6.07, 6.45) is 2.43. The Labute approximate surface area is 143 Å². The zero-order valence-corrected chi connectivity index (χ0v) is 14.3. The number of carbonyl (C=O) groups is 1. The van der Waals surface area contributed by atoms with Gasteiger partial charge in [-0.05, 0) is 37.9 Å². The Balaban J connectivity index is 1.99. The van der Waals surface area contributed by atoms with E-state index in [1.165, 1.54) is 12.1 Å². The number of nitrogens with zero attached hydrogens (tertiary/aromatic N) is 2. The molecule has 1 aliphatic heterocycles. The summed E-state index contributed by atoms with van der Waals surface area (Å²) in [5.74, 6) is -0.301. The lowest BCUT2D eigenvalue weighted by atomic mass is 10.1. The van der Waals surface area contributed by atoms with Crippen LogP contribution in [0.3, 0.4) is 0 Å². The van der Waals surface area contributed by atoms with E-state index in [1.54, 1.807) is 11.0 Å². The Bertz CT molecular complexity index is 574. The normalized spacial score (nSPS) is 15.7. The van der Waals surface area contributed by atoms with Crippen molar-refractivity contribution in [3.8, 4) is 0 Å². The zero-order valence-electron chi connectivity index (χ0n) is 12.7. The van der Waals surface area contributed by atoms with Crippen LogP contribution in [-0.4, -0.2) is 48.1 Å². The number of nitrogens with two attached hydrogens (primary N) is 1. The van der Waals surface area contributed by atoms with Gasteiger partial charge in [-0.3, -0.25) is 14.9 Å². The second-order valence-corrected chi connectivity index (χ2v) is 6.34. The van der Waals surface area contributed by atoms with Crippen molar-refractivity contribution >= 4 is 27.5 Å². The Morgan fingerprint density at radius 3 is 2.74 bits per heavy atom. The van der Waals surface area contributed by atoms with Gasteiger partial charge in [-0.25, -0.2) is 0 Å². The van der Waals surface area contributed by atoms with Gasteiger partial charge in [0.15, 0.2) is 0 Å². The Morgan fingerprint density at radius 1 is 1.43 bits per heavy atom. The molecule has 1 amide bonds. The molecule has 8 heteroatoms. The first-order valence-electron chi connectivity index (χ1n) is 7.58. The largest absolute Gasteiger partial charge is 0.378 e. The van der Waals surface area contributed by atoms with Gasteiger partial charge in [-0.15, -0.1) is 0 Å². The molecule has 0 spiro atoms. The monoisotopic (exact) mass is 385 g/mol. The standard InChI is InChI=1S/C15H20BrN3O4/c16-11-2-3-13(14(10-11)19(21)22)15(20)18-7-4-12(5-8-18)23-9-1-6-17/h2-3,10,12H,1,4-9,17H2. The Hall–Kier alpha value is -1.51. The first-order valence-corrected chi connectivity index (χ1v) is 8.37. The molecule has 7 nitrogen and oxygen atoms in total. The predicted octanol–water partition coefficient (Wildman–Crippen LogP) is 2.33. The second-order valence-electron chi connectivity index (χ2n) is 5.42. The number of nitro benzene ring substituents is 1. The van der Waals surface area contributed by atoms with Gasteiger partial charge in [0.2, 0.25) is 0 Å². The molecule has 2 rings (SSSR count). The SMILES string of the molecule is NCCCOC1CCN(C(=O)c2ccc(Br)cc2[N+](=O)[O-])CC1. The van der Waals surface area contributed by atoms with Gasteiger partial charge >= 0.3 is 0 Å². The summed E-state index contributed by atoms with van der Waals surface area (Å²) in [5, 5.41) is 11.1. The third-order valence-electron chi connectivity index (χ3n) is 3.82. The van der Waals surface area contributed by atoms with Crippen LogP contribution in [0.5, 0.6) is 0 Å². The van der Waals surface area contributed by atoms with Gasteiger partial charge in [0, 0.05) is 30.2 Å². The highest BCUT2D eigenvalue weighted by Crippen LogP contribution is 2.26. The van der Waals surface area contributed by atoms with E-state index in [2.05, 4.69) is 15.9 Å². The fraction of sp³-hybridized carbons (Fsp3) is 0.533. The number of amides is 1. The van der Waals surface area contributed by atoms with Crippen LogP contribution in [0.25, 0.3) is 0 Å². The molecule has 2 N–H and O–H groups in total. The molecule has 0 bridgehead atoms. The van der Waals surface area contributed by atoms with Crippen LogP contribution in [0.15, 0.2) is 22.7 Å². The van der Waals surface area contributed by atoms with Crippen molar-refractivity contribution in [1.29, 1.82) is 0 Å². The van der Waals surface area contributed by atoms with E-state index in [1.807, 2.05) is 0 Å². The minimum Gasteiger partial charge on any atom is -0.378 e. The number of benzene rings is 1. The van der Waals surface area contributed by atoms with Crippen LogP contribution in [0.4, 0.5) is 5.69 Å². The molecular formula is C15H20BrN3O4. The minimum absolute atomic E-state index is 0.126. The summed E-state index contributed by atoms with van der Waals surface area (Å²) in [4.78, 5) is 24.8. The number of rotatable bonds is 6. The molecular weight excluding hydrogens is 366 g/mol. The molecule has 1 heterocycles. The fourth-order valence-electron chi connectivity index (χ4n) is 2.57. The van der Waals surface area contributed by atoms with Gasteiger partial charge in [0.1, 0.15) is 5.56 Å². The van der Waals surface area contributed by atoms with Crippen LogP contribution < -0.4 is 5.73 Å². The quantitative estimate of drug-likeness (QED) is 0.460. The van der Waals surface area contributed by atoms with Crippen molar-refractivity contribution in [3.63, 3.8) is 0 Å². The molecule has 0 unspecified atom stereocenters. The molecule has 1 saturated heterocycles. The highest BCUT2D eigenvalue weighted by molar-refractivity contribution is 9.10. The van der Waals surface area contributed by atoms with Crippen molar-refractivity contribution < 1.29 is 14.5 Å². The number of nitro groups is 1. The summed E-state index contributed by atoms with van der Waals surface area (Å²) in [5.41, 5.74) is 5.38. The van der Waals surface area contributed by atoms with E-state index < -0.39 is 4.92 Å². The number of hydrogen-bond donors (Lipinski definition) is 1. The van der Waals surface area contributed by atoms with Gasteiger partial charge in [-0.1, -0.05) is 15.9 Å². The summed E-state index contributed by atoms with van der Waals surface area (Å²) in [6, 6.07) is 4.49. The first-order chi connectivity index (χ1) is 11.0.